The number of nitrogen functional groups attached to an aromatic ring is 1. The van der Waals surface area contributed by atoms with E-state index in [9.17, 15) is 8.78 Å². The predicted octanol–water partition coefficient (Wildman–Crippen LogP) is 1.90. The highest BCUT2D eigenvalue weighted by Crippen LogP contribution is 2.37. The van der Waals surface area contributed by atoms with Crippen LogP contribution in [0.2, 0.25) is 0 Å². The van der Waals surface area contributed by atoms with Crippen molar-refractivity contribution in [2.45, 2.75) is 45.3 Å². The van der Waals surface area contributed by atoms with Crippen molar-refractivity contribution in [3.63, 3.8) is 0 Å². The first kappa shape index (κ1) is 14.2. The van der Waals surface area contributed by atoms with Gasteiger partial charge in [0.2, 0.25) is 0 Å². The average Bonchev–Trinajstić information content (AvgIpc) is 2.47. The van der Waals surface area contributed by atoms with Crippen molar-refractivity contribution in [3.8, 4) is 0 Å². The Balaban J connectivity index is 2.41. The Bertz CT molecular complexity index is 479. The molecule has 104 valence electrons. The van der Waals surface area contributed by atoms with Gasteiger partial charge in [0.1, 0.15) is 5.82 Å². The van der Waals surface area contributed by atoms with Gasteiger partial charge in [-0.3, -0.25) is 0 Å². The zero-order valence-electron chi connectivity index (χ0n) is 11.4. The molecule has 0 aliphatic carbocycles. The molecule has 0 spiro atoms. The Kier molecular flexibility index (Phi) is 3.30. The Hall–Kier alpha value is -1.21. The third-order valence-corrected chi connectivity index (χ3v) is 3.73. The molecule has 7 heteroatoms. The molecule has 1 aromatic rings. The topological polar surface area (TPSA) is 57.4 Å². The second-order valence-electron chi connectivity index (χ2n) is 5.63. The molecule has 2 N–H and O–H groups in total. The molecule has 19 heavy (non-hydrogen) atoms. The van der Waals surface area contributed by atoms with Crippen LogP contribution in [0.5, 0.6) is 0 Å². The van der Waals surface area contributed by atoms with E-state index >= 15 is 0 Å². The smallest absolute Gasteiger partial charge is 0.399 e. The quantitative estimate of drug-likeness (QED) is 0.834. The molecule has 1 aliphatic rings. The van der Waals surface area contributed by atoms with Crippen molar-refractivity contribution in [3.05, 3.63) is 17.8 Å². The van der Waals surface area contributed by atoms with Gasteiger partial charge in [-0.05, 0) is 39.2 Å². The van der Waals surface area contributed by atoms with Gasteiger partial charge in [-0.25, -0.2) is 13.8 Å². The Morgan fingerprint density at radius 1 is 1.21 bits per heavy atom. The fraction of sp³-hybridized carbons (Fsp3) is 0.583. The number of hydrogen-bond acceptors (Lipinski definition) is 4. The van der Waals surface area contributed by atoms with Crippen LogP contribution in [0.4, 0.5) is 14.6 Å². The molecule has 0 unspecified atom stereocenters. The highest BCUT2D eigenvalue weighted by atomic mass is 19.3. The fourth-order valence-electron chi connectivity index (χ4n) is 1.86. The zero-order chi connectivity index (χ0) is 14.4. The van der Waals surface area contributed by atoms with Gasteiger partial charge in [0, 0.05) is 11.8 Å². The van der Waals surface area contributed by atoms with Crippen LogP contribution in [0, 0.1) is 0 Å². The number of pyridine rings is 1. The standard InChI is InChI=1S/C12H17BF2N2O2/c1-11(2)12(3,4)19-13(18-11)8-5-9(16)17-6-7(8)10(14)15/h5-6,10H,1-4H3,(H2,16,17). The molecule has 0 atom stereocenters. The van der Waals surface area contributed by atoms with E-state index in [1.54, 1.807) is 0 Å². The molecule has 0 radical (unpaired) electrons. The van der Waals surface area contributed by atoms with Crippen molar-refractivity contribution in [2.75, 3.05) is 5.73 Å². The molecular formula is C12H17BF2N2O2. The Morgan fingerprint density at radius 2 is 1.74 bits per heavy atom. The monoisotopic (exact) mass is 270 g/mol. The molecule has 0 bridgehead atoms. The first-order valence-electron chi connectivity index (χ1n) is 6.03. The van der Waals surface area contributed by atoms with Crippen molar-refractivity contribution in [1.82, 2.24) is 4.98 Å². The second-order valence-corrected chi connectivity index (χ2v) is 5.63. The maximum Gasteiger partial charge on any atom is 0.495 e. The van der Waals surface area contributed by atoms with Crippen LogP contribution in [0.15, 0.2) is 12.3 Å². The summed E-state index contributed by atoms with van der Waals surface area (Å²) in [5, 5.41) is 0. The number of alkyl halides is 2. The number of nitrogens with zero attached hydrogens (tertiary/aromatic N) is 1. The molecule has 1 fully saturated rings. The van der Waals surface area contributed by atoms with E-state index in [-0.39, 0.29) is 16.8 Å². The number of hydrogen-bond donors (Lipinski definition) is 1. The number of halogens is 2. The van der Waals surface area contributed by atoms with E-state index in [4.69, 9.17) is 15.0 Å². The van der Waals surface area contributed by atoms with Crippen molar-refractivity contribution in [1.29, 1.82) is 0 Å². The summed E-state index contributed by atoms with van der Waals surface area (Å²) in [5.41, 5.74) is 4.41. The molecule has 1 aliphatic heterocycles. The molecule has 0 amide bonds. The summed E-state index contributed by atoms with van der Waals surface area (Å²) in [4.78, 5) is 3.69. The minimum atomic E-state index is -2.65. The molecule has 1 saturated heterocycles. The van der Waals surface area contributed by atoms with Crippen molar-refractivity contribution >= 4 is 18.4 Å². The highest BCUT2D eigenvalue weighted by molar-refractivity contribution is 6.62. The van der Waals surface area contributed by atoms with E-state index in [1.807, 2.05) is 27.7 Å². The summed E-state index contributed by atoms with van der Waals surface area (Å²) in [5.74, 6) is 0.161. The van der Waals surface area contributed by atoms with Gasteiger partial charge in [-0.1, -0.05) is 0 Å². The zero-order valence-corrected chi connectivity index (χ0v) is 11.4. The fourth-order valence-corrected chi connectivity index (χ4v) is 1.86. The van der Waals surface area contributed by atoms with E-state index in [0.717, 1.165) is 6.20 Å². The highest BCUT2D eigenvalue weighted by Gasteiger charge is 2.52. The number of aromatic nitrogens is 1. The summed E-state index contributed by atoms with van der Waals surface area (Å²) in [6.07, 6.45) is -1.58. The maximum atomic E-state index is 13.0. The SMILES string of the molecule is CC1(C)OB(c2cc(N)ncc2C(F)F)OC1(C)C. The summed E-state index contributed by atoms with van der Waals surface area (Å²) < 4.78 is 37.5. The summed E-state index contributed by atoms with van der Waals surface area (Å²) in [6.45, 7) is 7.44. The van der Waals surface area contributed by atoms with Gasteiger partial charge in [0.05, 0.1) is 11.2 Å². The maximum absolute atomic E-state index is 13.0. The number of rotatable bonds is 2. The summed E-state index contributed by atoms with van der Waals surface area (Å²) in [7, 11) is -0.862. The summed E-state index contributed by atoms with van der Waals surface area (Å²) >= 11 is 0. The first-order chi connectivity index (χ1) is 8.64. The van der Waals surface area contributed by atoms with Crippen LogP contribution < -0.4 is 11.2 Å². The van der Waals surface area contributed by atoms with Crippen LogP contribution in [0.3, 0.4) is 0 Å². The van der Waals surface area contributed by atoms with E-state index in [2.05, 4.69) is 4.98 Å². The van der Waals surface area contributed by atoms with Crippen LogP contribution in [-0.4, -0.2) is 23.3 Å². The van der Waals surface area contributed by atoms with Gasteiger partial charge in [-0.2, -0.15) is 0 Å². The summed E-state index contributed by atoms with van der Waals surface area (Å²) in [6, 6.07) is 1.38. The molecule has 0 saturated carbocycles. The Morgan fingerprint density at radius 3 is 2.21 bits per heavy atom. The van der Waals surface area contributed by atoms with Crippen molar-refractivity contribution < 1.29 is 18.1 Å². The van der Waals surface area contributed by atoms with Crippen LogP contribution in [0.1, 0.15) is 39.7 Å². The minimum Gasteiger partial charge on any atom is -0.399 e. The van der Waals surface area contributed by atoms with Gasteiger partial charge in [-0.15, -0.1) is 0 Å². The minimum absolute atomic E-state index is 0.161. The van der Waals surface area contributed by atoms with E-state index in [0.29, 0.717) is 0 Å². The molecule has 0 aromatic carbocycles. The Labute approximate surface area is 111 Å². The number of anilines is 1. The van der Waals surface area contributed by atoms with Gasteiger partial charge in [0.15, 0.2) is 0 Å². The average molecular weight is 270 g/mol. The van der Waals surface area contributed by atoms with Crippen molar-refractivity contribution in [2.24, 2.45) is 0 Å². The van der Waals surface area contributed by atoms with Crippen LogP contribution >= 0.6 is 0 Å². The number of nitrogens with two attached hydrogens (primary N) is 1. The second kappa shape index (κ2) is 4.42. The molecular weight excluding hydrogens is 253 g/mol. The van der Waals surface area contributed by atoms with Gasteiger partial charge >= 0.3 is 7.12 Å². The largest absolute Gasteiger partial charge is 0.495 e. The van der Waals surface area contributed by atoms with Gasteiger partial charge < -0.3 is 15.0 Å². The predicted molar refractivity (Wildman–Crippen MR) is 69.3 cm³/mol. The third kappa shape index (κ3) is 2.44. The van der Waals surface area contributed by atoms with E-state index < -0.39 is 24.7 Å². The lowest BCUT2D eigenvalue weighted by molar-refractivity contribution is 0.00578. The normalized spacial score (nSPS) is 21.1. The lowest BCUT2D eigenvalue weighted by atomic mass is 9.76. The molecule has 2 rings (SSSR count). The lowest BCUT2D eigenvalue weighted by Crippen LogP contribution is -2.41. The third-order valence-electron chi connectivity index (χ3n) is 3.73. The van der Waals surface area contributed by atoms with Gasteiger partial charge in [0.25, 0.3) is 6.43 Å². The lowest BCUT2D eigenvalue weighted by Gasteiger charge is -2.32. The molecule has 2 heterocycles. The first-order valence-corrected chi connectivity index (χ1v) is 6.03. The van der Waals surface area contributed by atoms with Crippen LogP contribution in [0.25, 0.3) is 0 Å². The van der Waals surface area contributed by atoms with E-state index in [1.165, 1.54) is 6.07 Å². The molecule has 4 nitrogen and oxygen atoms in total. The molecule has 1 aromatic heterocycles. The van der Waals surface area contributed by atoms with Crippen LogP contribution in [-0.2, 0) is 9.31 Å².